The zero-order valence-electron chi connectivity index (χ0n) is 9.72. The van der Waals surface area contributed by atoms with E-state index < -0.39 is 10.0 Å². The summed E-state index contributed by atoms with van der Waals surface area (Å²) in [5, 5.41) is 8.69. The SMILES string of the molecule is CC(NS(=O)(=O)c1ccc(CO)o1)C1CCC1. The second-order valence-electron chi connectivity index (χ2n) is 4.48. The predicted octanol–water partition coefficient (Wildman–Crippen LogP) is 1.24. The maximum absolute atomic E-state index is 11.9. The molecule has 5 nitrogen and oxygen atoms in total. The predicted molar refractivity (Wildman–Crippen MR) is 61.8 cm³/mol. The van der Waals surface area contributed by atoms with Crippen molar-refractivity contribution in [1.29, 1.82) is 0 Å². The highest BCUT2D eigenvalue weighted by Gasteiger charge is 2.29. The zero-order chi connectivity index (χ0) is 12.5. The maximum Gasteiger partial charge on any atom is 0.274 e. The molecule has 1 atom stereocenters. The van der Waals surface area contributed by atoms with Crippen LogP contribution in [0.2, 0.25) is 0 Å². The molecule has 1 fully saturated rings. The van der Waals surface area contributed by atoms with Crippen LogP contribution in [0.4, 0.5) is 0 Å². The third-order valence-corrected chi connectivity index (χ3v) is 4.69. The Balaban J connectivity index is 2.07. The van der Waals surface area contributed by atoms with Gasteiger partial charge in [-0.15, -0.1) is 0 Å². The van der Waals surface area contributed by atoms with Crippen LogP contribution < -0.4 is 4.72 Å². The summed E-state index contributed by atoms with van der Waals surface area (Å²) in [5.74, 6) is 0.679. The van der Waals surface area contributed by atoms with Gasteiger partial charge in [0.2, 0.25) is 5.09 Å². The van der Waals surface area contributed by atoms with E-state index in [0.717, 1.165) is 12.8 Å². The lowest BCUT2D eigenvalue weighted by Gasteiger charge is -2.31. The van der Waals surface area contributed by atoms with Crippen LogP contribution in [-0.4, -0.2) is 19.6 Å². The Bertz CT molecular complexity index is 475. The third-order valence-electron chi connectivity index (χ3n) is 3.26. The topological polar surface area (TPSA) is 79.5 Å². The van der Waals surface area contributed by atoms with Gasteiger partial charge in [-0.05, 0) is 37.8 Å². The number of furan rings is 1. The van der Waals surface area contributed by atoms with Gasteiger partial charge < -0.3 is 9.52 Å². The standard InChI is InChI=1S/C11H17NO4S/c1-8(9-3-2-4-9)12-17(14,15)11-6-5-10(7-13)16-11/h5-6,8-9,12-13H,2-4,7H2,1H3. The highest BCUT2D eigenvalue weighted by Crippen LogP contribution is 2.30. The number of aliphatic hydroxyl groups excluding tert-OH is 1. The molecule has 0 aromatic carbocycles. The van der Waals surface area contributed by atoms with E-state index in [1.807, 2.05) is 6.92 Å². The Morgan fingerprint density at radius 1 is 1.53 bits per heavy atom. The largest absolute Gasteiger partial charge is 0.446 e. The van der Waals surface area contributed by atoms with Crippen molar-refractivity contribution in [3.63, 3.8) is 0 Å². The Kier molecular flexibility index (Phi) is 3.56. The summed E-state index contributed by atoms with van der Waals surface area (Å²) in [5.41, 5.74) is 0. The second-order valence-corrected chi connectivity index (χ2v) is 6.12. The Morgan fingerprint density at radius 3 is 2.71 bits per heavy atom. The summed E-state index contributed by atoms with van der Waals surface area (Å²) in [4.78, 5) is 0. The minimum absolute atomic E-state index is 0.0728. The van der Waals surface area contributed by atoms with Crippen molar-refractivity contribution >= 4 is 10.0 Å². The molecular formula is C11H17NO4S. The lowest BCUT2D eigenvalue weighted by atomic mass is 9.81. The molecule has 1 aliphatic carbocycles. The van der Waals surface area contributed by atoms with Gasteiger partial charge in [0.05, 0.1) is 0 Å². The summed E-state index contributed by atoms with van der Waals surface area (Å²) in [6.07, 6.45) is 3.32. The number of hydrogen-bond donors (Lipinski definition) is 2. The molecule has 0 bridgehead atoms. The number of nitrogens with one attached hydrogen (secondary N) is 1. The normalized spacial score (nSPS) is 18.9. The molecule has 2 rings (SSSR count). The minimum atomic E-state index is -3.60. The molecule has 2 N–H and O–H groups in total. The Hall–Kier alpha value is -0.850. The lowest BCUT2D eigenvalue weighted by Crippen LogP contribution is -2.40. The van der Waals surface area contributed by atoms with E-state index in [4.69, 9.17) is 9.52 Å². The van der Waals surface area contributed by atoms with Gasteiger partial charge in [-0.2, -0.15) is 0 Å². The Labute approximate surface area is 101 Å². The van der Waals surface area contributed by atoms with Crippen molar-refractivity contribution in [1.82, 2.24) is 4.72 Å². The molecule has 96 valence electrons. The quantitative estimate of drug-likeness (QED) is 0.833. The first kappa shape index (κ1) is 12.6. The van der Waals surface area contributed by atoms with Gasteiger partial charge in [0.25, 0.3) is 10.0 Å². The summed E-state index contributed by atoms with van der Waals surface area (Å²) in [7, 11) is -3.60. The molecule has 0 aliphatic heterocycles. The minimum Gasteiger partial charge on any atom is -0.446 e. The van der Waals surface area contributed by atoms with Crippen LogP contribution in [0.15, 0.2) is 21.6 Å². The van der Waals surface area contributed by atoms with E-state index in [0.29, 0.717) is 5.92 Å². The van der Waals surface area contributed by atoms with Crippen LogP contribution in [0, 0.1) is 5.92 Å². The van der Waals surface area contributed by atoms with Crippen LogP contribution >= 0.6 is 0 Å². The fraction of sp³-hybridized carbons (Fsp3) is 0.636. The molecule has 1 aromatic heterocycles. The van der Waals surface area contributed by atoms with Gasteiger partial charge in [0.15, 0.2) is 0 Å². The van der Waals surface area contributed by atoms with Crippen LogP contribution in [0.25, 0.3) is 0 Å². The van der Waals surface area contributed by atoms with Gasteiger partial charge >= 0.3 is 0 Å². The van der Waals surface area contributed by atoms with Gasteiger partial charge in [-0.25, -0.2) is 13.1 Å². The summed E-state index contributed by atoms with van der Waals surface area (Å²) < 4.78 is 31.5. The molecule has 1 heterocycles. The molecule has 0 radical (unpaired) electrons. The van der Waals surface area contributed by atoms with Crippen molar-refractivity contribution < 1.29 is 17.9 Å². The number of rotatable bonds is 5. The van der Waals surface area contributed by atoms with Gasteiger partial charge in [0.1, 0.15) is 12.4 Å². The molecule has 6 heteroatoms. The van der Waals surface area contributed by atoms with E-state index in [2.05, 4.69) is 4.72 Å². The average molecular weight is 259 g/mol. The van der Waals surface area contributed by atoms with Crippen LogP contribution in [0.3, 0.4) is 0 Å². The lowest BCUT2D eigenvalue weighted by molar-refractivity contribution is 0.235. The molecule has 1 aliphatic rings. The maximum atomic E-state index is 11.9. The van der Waals surface area contributed by atoms with Crippen LogP contribution in [-0.2, 0) is 16.6 Å². The van der Waals surface area contributed by atoms with E-state index >= 15 is 0 Å². The zero-order valence-corrected chi connectivity index (χ0v) is 10.5. The average Bonchev–Trinajstić information content (AvgIpc) is 2.62. The second kappa shape index (κ2) is 4.80. The van der Waals surface area contributed by atoms with E-state index in [1.54, 1.807) is 0 Å². The molecule has 0 saturated heterocycles. The first-order chi connectivity index (χ1) is 8.03. The Morgan fingerprint density at radius 2 is 2.24 bits per heavy atom. The smallest absolute Gasteiger partial charge is 0.274 e. The summed E-state index contributed by atoms with van der Waals surface area (Å²) >= 11 is 0. The fourth-order valence-electron chi connectivity index (χ4n) is 1.93. The number of aliphatic hydroxyl groups is 1. The highest BCUT2D eigenvalue weighted by atomic mass is 32.2. The number of hydrogen-bond acceptors (Lipinski definition) is 4. The first-order valence-electron chi connectivity index (χ1n) is 5.75. The van der Waals surface area contributed by atoms with Crippen molar-refractivity contribution in [2.24, 2.45) is 5.92 Å². The van der Waals surface area contributed by atoms with E-state index in [-0.39, 0.29) is 23.5 Å². The molecule has 1 saturated carbocycles. The molecule has 0 amide bonds. The first-order valence-corrected chi connectivity index (χ1v) is 7.23. The van der Waals surface area contributed by atoms with Crippen molar-refractivity contribution in [3.8, 4) is 0 Å². The molecule has 17 heavy (non-hydrogen) atoms. The van der Waals surface area contributed by atoms with Crippen LogP contribution in [0.5, 0.6) is 0 Å². The summed E-state index contributed by atoms with van der Waals surface area (Å²) in [6.45, 7) is 1.57. The summed E-state index contributed by atoms with van der Waals surface area (Å²) in [6, 6.07) is 2.75. The van der Waals surface area contributed by atoms with Crippen molar-refractivity contribution in [2.45, 2.75) is 43.9 Å². The third kappa shape index (κ3) is 2.70. The van der Waals surface area contributed by atoms with Crippen molar-refractivity contribution in [2.75, 3.05) is 0 Å². The fourth-order valence-corrected chi connectivity index (χ4v) is 3.19. The molecular weight excluding hydrogens is 242 g/mol. The van der Waals surface area contributed by atoms with Gasteiger partial charge in [-0.3, -0.25) is 0 Å². The molecule has 1 aromatic rings. The van der Waals surface area contributed by atoms with Crippen molar-refractivity contribution in [3.05, 3.63) is 17.9 Å². The van der Waals surface area contributed by atoms with Gasteiger partial charge in [-0.1, -0.05) is 6.42 Å². The van der Waals surface area contributed by atoms with Gasteiger partial charge in [0, 0.05) is 6.04 Å². The monoisotopic (exact) mass is 259 g/mol. The van der Waals surface area contributed by atoms with Crippen LogP contribution in [0.1, 0.15) is 31.9 Å². The molecule has 0 spiro atoms. The number of sulfonamides is 1. The van der Waals surface area contributed by atoms with E-state index in [9.17, 15) is 8.42 Å². The highest BCUT2D eigenvalue weighted by molar-refractivity contribution is 7.89. The van der Waals surface area contributed by atoms with E-state index in [1.165, 1.54) is 18.6 Å². The molecule has 1 unspecified atom stereocenters.